The summed E-state index contributed by atoms with van der Waals surface area (Å²) in [5.74, 6) is 6.77. The fourth-order valence-electron chi connectivity index (χ4n) is 1.83. The summed E-state index contributed by atoms with van der Waals surface area (Å²) in [7, 11) is 0. The van der Waals surface area contributed by atoms with Gasteiger partial charge in [0.05, 0.1) is 0 Å². The van der Waals surface area contributed by atoms with Crippen LogP contribution in [0.4, 0.5) is 5.82 Å². The van der Waals surface area contributed by atoms with Crippen molar-refractivity contribution in [2.24, 2.45) is 5.84 Å². The quantitative estimate of drug-likeness (QED) is 0.415. The summed E-state index contributed by atoms with van der Waals surface area (Å²) in [6, 6.07) is 0. The Labute approximate surface area is 126 Å². The number of aromatic amines is 1. The van der Waals surface area contributed by atoms with Gasteiger partial charge in [-0.3, -0.25) is 4.57 Å². The Morgan fingerprint density at radius 1 is 1.38 bits per heavy atom. The van der Waals surface area contributed by atoms with Crippen molar-refractivity contribution >= 4 is 17.6 Å². The summed E-state index contributed by atoms with van der Waals surface area (Å²) in [6.45, 7) is 6.48. The molecule has 114 valence electrons. The van der Waals surface area contributed by atoms with E-state index in [1.807, 2.05) is 20.8 Å². The number of nitrogens with one attached hydrogen (secondary N) is 2. The maximum absolute atomic E-state index is 11.7. The van der Waals surface area contributed by atoms with Crippen LogP contribution in [0.1, 0.15) is 31.7 Å². The van der Waals surface area contributed by atoms with Gasteiger partial charge in [0.25, 0.3) is 0 Å². The molecule has 0 aliphatic rings. The lowest BCUT2D eigenvalue weighted by molar-refractivity contribution is 0.603. The Kier molecular flexibility index (Phi) is 4.97. The second-order valence-electron chi connectivity index (χ2n) is 4.48. The van der Waals surface area contributed by atoms with Crippen molar-refractivity contribution in [2.45, 2.75) is 50.3 Å². The molecule has 0 atom stereocenters. The van der Waals surface area contributed by atoms with Crippen LogP contribution in [0.2, 0.25) is 0 Å². The van der Waals surface area contributed by atoms with Crippen molar-refractivity contribution in [2.75, 3.05) is 5.43 Å². The second kappa shape index (κ2) is 6.72. The standard InChI is InChI=1S/C12H19N7OS/c1-4-6-19-11(20)17-18-12(19)21-10-7(3)9(16-13)14-8(5-2)15-10/h4-6,13H2,1-3H3,(H,17,20)(H,14,15,16). The van der Waals surface area contributed by atoms with Crippen LogP contribution in [0.5, 0.6) is 0 Å². The van der Waals surface area contributed by atoms with Crippen LogP contribution < -0.4 is 17.0 Å². The predicted molar refractivity (Wildman–Crippen MR) is 81.2 cm³/mol. The zero-order chi connectivity index (χ0) is 15.4. The first-order chi connectivity index (χ1) is 10.1. The van der Waals surface area contributed by atoms with E-state index in [-0.39, 0.29) is 5.69 Å². The normalized spacial score (nSPS) is 10.9. The zero-order valence-electron chi connectivity index (χ0n) is 12.3. The maximum atomic E-state index is 11.7. The minimum atomic E-state index is -0.209. The molecule has 0 spiro atoms. The minimum Gasteiger partial charge on any atom is -0.308 e. The molecule has 0 saturated carbocycles. The van der Waals surface area contributed by atoms with Gasteiger partial charge in [0.15, 0.2) is 5.16 Å². The lowest BCUT2D eigenvalue weighted by Gasteiger charge is -2.11. The minimum absolute atomic E-state index is 0.209. The van der Waals surface area contributed by atoms with E-state index in [2.05, 4.69) is 25.6 Å². The van der Waals surface area contributed by atoms with Crippen molar-refractivity contribution < 1.29 is 0 Å². The van der Waals surface area contributed by atoms with Gasteiger partial charge in [-0.2, -0.15) is 0 Å². The van der Waals surface area contributed by atoms with Gasteiger partial charge in [0.1, 0.15) is 16.7 Å². The summed E-state index contributed by atoms with van der Waals surface area (Å²) in [5.41, 5.74) is 3.20. The first-order valence-electron chi connectivity index (χ1n) is 6.77. The summed E-state index contributed by atoms with van der Waals surface area (Å²) in [5, 5.41) is 7.86. The largest absolute Gasteiger partial charge is 0.343 e. The Morgan fingerprint density at radius 3 is 2.76 bits per heavy atom. The highest BCUT2D eigenvalue weighted by atomic mass is 32.2. The number of anilines is 1. The van der Waals surface area contributed by atoms with Gasteiger partial charge in [0.2, 0.25) is 0 Å². The average Bonchev–Trinajstić information content (AvgIpc) is 2.82. The summed E-state index contributed by atoms with van der Waals surface area (Å²) in [4.78, 5) is 20.5. The highest BCUT2D eigenvalue weighted by Crippen LogP contribution is 2.29. The van der Waals surface area contributed by atoms with Crippen LogP contribution in [-0.4, -0.2) is 24.7 Å². The third-order valence-corrected chi connectivity index (χ3v) is 4.04. The molecule has 0 amide bonds. The predicted octanol–water partition coefficient (Wildman–Crippen LogP) is 1.08. The molecule has 0 radical (unpaired) electrons. The van der Waals surface area contributed by atoms with E-state index in [1.165, 1.54) is 11.8 Å². The topological polar surface area (TPSA) is 115 Å². The molecule has 21 heavy (non-hydrogen) atoms. The monoisotopic (exact) mass is 309 g/mol. The van der Waals surface area contributed by atoms with Crippen LogP contribution in [0.15, 0.2) is 15.0 Å². The lowest BCUT2D eigenvalue weighted by atomic mass is 10.3. The molecule has 2 rings (SSSR count). The Hall–Kier alpha value is -1.87. The molecule has 0 aromatic carbocycles. The number of hydrazine groups is 1. The smallest absolute Gasteiger partial charge is 0.308 e. The number of hydrogen-bond acceptors (Lipinski definition) is 7. The average molecular weight is 309 g/mol. The van der Waals surface area contributed by atoms with Gasteiger partial charge in [-0.1, -0.05) is 13.8 Å². The van der Waals surface area contributed by atoms with E-state index in [4.69, 9.17) is 5.84 Å². The highest BCUT2D eigenvalue weighted by Gasteiger charge is 2.15. The van der Waals surface area contributed by atoms with E-state index < -0.39 is 0 Å². The van der Waals surface area contributed by atoms with Gasteiger partial charge >= 0.3 is 5.69 Å². The van der Waals surface area contributed by atoms with E-state index >= 15 is 0 Å². The van der Waals surface area contributed by atoms with Crippen LogP contribution in [0, 0.1) is 6.92 Å². The Morgan fingerprint density at radius 2 is 2.14 bits per heavy atom. The van der Waals surface area contributed by atoms with Crippen LogP contribution in [0.25, 0.3) is 0 Å². The van der Waals surface area contributed by atoms with Crippen molar-refractivity contribution in [1.82, 2.24) is 24.7 Å². The number of aryl methyl sites for hydroxylation is 1. The van der Waals surface area contributed by atoms with E-state index in [9.17, 15) is 4.79 Å². The molecule has 0 aliphatic carbocycles. The summed E-state index contributed by atoms with van der Waals surface area (Å²) < 4.78 is 1.60. The molecule has 0 saturated heterocycles. The molecule has 2 aromatic heterocycles. The van der Waals surface area contributed by atoms with E-state index in [1.54, 1.807) is 4.57 Å². The number of hydrogen-bond donors (Lipinski definition) is 3. The molecule has 4 N–H and O–H groups in total. The lowest BCUT2D eigenvalue weighted by Crippen LogP contribution is -2.17. The molecule has 8 nitrogen and oxygen atoms in total. The summed E-state index contributed by atoms with van der Waals surface area (Å²) in [6.07, 6.45) is 1.55. The third-order valence-electron chi connectivity index (χ3n) is 2.96. The molecule has 0 fully saturated rings. The first-order valence-corrected chi connectivity index (χ1v) is 7.59. The molecular weight excluding hydrogens is 290 g/mol. The van der Waals surface area contributed by atoms with Crippen LogP contribution >= 0.6 is 11.8 Å². The summed E-state index contributed by atoms with van der Waals surface area (Å²) >= 11 is 1.33. The Balaban J connectivity index is 2.41. The molecule has 2 aromatic rings. The third kappa shape index (κ3) is 3.24. The van der Waals surface area contributed by atoms with Gasteiger partial charge in [-0.15, -0.1) is 5.10 Å². The fraction of sp³-hybridized carbons (Fsp3) is 0.500. The van der Waals surface area contributed by atoms with Gasteiger partial charge in [-0.25, -0.2) is 25.7 Å². The Bertz CT molecular complexity index is 679. The molecule has 0 aliphatic heterocycles. The van der Waals surface area contributed by atoms with Crippen LogP contribution in [0.3, 0.4) is 0 Å². The van der Waals surface area contributed by atoms with Crippen molar-refractivity contribution in [3.63, 3.8) is 0 Å². The molecule has 2 heterocycles. The molecular formula is C12H19N7OS. The number of H-pyrrole nitrogens is 1. The second-order valence-corrected chi connectivity index (χ2v) is 5.44. The highest BCUT2D eigenvalue weighted by molar-refractivity contribution is 7.99. The number of nitrogens with zero attached hydrogens (tertiary/aromatic N) is 4. The number of rotatable bonds is 6. The number of nitrogens with two attached hydrogens (primary N) is 1. The maximum Gasteiger partial charge on any atom is 0.343 e. The molecule has 0 bridgehead atoms. The SMILES string of the molecule is CCCn1c(Sc2nc(CC)nc(NN)c2C)n[nH]c1=O. The van der Waals surface area contributed by atoms with Crippen molar-refractivity contribution in [3.8, 4) is 0 Å². The van der Waals surface area contributed by atoms with Gasteiger partial charge in [-0.05, 0) is 25.1 Å². The van der Waals surface area contributed by atoms with Gasteiger partial charge < -0.3 is 5.43 Å². The number of aromatic nitrogens is 5. The molecule has 9 heteroatoms. The van der Waals surface area contributed by atoms with Crippen LogP contribution in [-0.2, 0) is 13.0 Å². The first kappa shape index (κ1) is 15.5. The van der Waals surface area contributed by atoms with Crippen molar-refractivity contribution in [3.05, 3.63) is 21.9 Å². The van der Waals surface area contributed by atoms with E-state index in [0.29, 0.717) is 29.8 Å². The molecule has 0 unspecified atom stereocenters. The van der Waals surface area contributed by atoms with Gasteiger partial charge in [0, 0.05) is 18.5 Å². The number of nitrogen functional groups attached to an aromatic ring is 1. The van der Waals surface area contributed by atoms with Crippen molar-refractivity contribution in [1.29, 1.82) is 0 Å². The zero-order valence-corrected chi connectivity index (χ0v) is 13.1. The van der Waals surface area contributed by atoms with E-state index in [0.717, 1.165) is 17.0 Å². The fourth-order valence-corrected chi connectivity index (χ4v) is 2.78.